The second-order valence-corrected chi connectivity index (χ2v) is 1.54. The molecule has 0 saturated carbocycles. The molecule has 0 saturated heterocycles. The van der Waals surface area contributed by atoms with Crippen LogP contribution in [0.2, 0.25) is 0 Å². The Labute approximate surface area is 53.1 Å². The summed E-state index contributed by atoms with van der Waals surface area (Å²) in [4.78, 5) is 7.70. The summed E-state index contributed by atoms with van der Waals surface area (Å²) >= 11 is 0. The van der Waals surface area contributed by atoms with Crippen molar-refractivity contribution in [3.63, 3.8) is 0 Å². The molecule has 1 heterocycles. The van der Waals surface area contributed by atoms with Gasteiger partial charge in [0.25, 0.3) is 0 Å². The van der Waals surface area contributed by atoms with Crippen LogP contribution in [0.5, 0.6) is 0 Å². The molecule has 0 aliphatic rings. The summed E-state index contributed by atoms with van der Waals surface area (Å²) in [6, 6.07) is 0. The zero-order valence-corrected chi connectivity index (χ0v) is 5.13. The van der Waals surface area contributed by atoms with Crippen LogP contribution >= 0.6 is 0 Å². The number of hydrogen-bond donors (Lipinski definition) is 2. The molecule has 48 valence electrons. The molecule has 0 aliphatic carbocycles. The highest BCUT2D eigenvalue weighted by Gasteiger charge is 1.93. The van der Waals surface area contributed by atoms with E-state index in [1.807, 2.05) is 0 Å². The van der Waals surface area contributed by atoms with E-state index in [-0.39, 0.29) is 0 Å². The largest absolute Gasteiger partial charge is 0.381 e. The minimum Gasteiger partial charge on any atom is -0.381 e. The summed E-state index contributed by atoms with van der Waals surface area (Å²) in [5.41, 5.74) is 5.39. The Balaban J connectivity index is 3.01. The van der Waals surface area contributed by atoms with Gasteiger partial charge in [-0.3, -0.25) is 0 Å². The van der Waals surface area contributed by atoms with Crippen molar-refractivity contribution < 1.29 is 0 Å². The number of aromatic nitrogens is 2. The van der Waals surface area contributed by atoms with Crippen LogP contribution in [-0.2, 0) is 0 Å². The van der Waals surface area contributed by atoms with Gasteiger partial charge in [-0.1, -0.05) is 0 Å². The van der Waals surface area contributed by atoms with Crippen molar-refractivity contribution in [1.29, 1.82) is 0 Å². The first-order chi connectivity index (χ1) is 4.34. The molecule has 0 aliphatic heterocycles. The van der Waals surface area contributed by atoms with Crippen molar-refractivity contribution in [3.8, 4) is 0 Å². The molecule has 0 unspecified atom stereocenters. The van der Waals surface area contributed by atoms with Crippen molar-refractivity contribution >= 4 is 11.6 Å². The van der Waals surface area contributed by atoms with Gasteiger partial charge in [0.1, 0.15) is 0 Å². The maximum atomic E-state index is 5.39. The second kappa shape index (κ2) is 2.30. The van der Waals surface area contributed by atoms with Gasteiger partial charge in [-0.15, -0.1) is 0 Å². The molecule has 1 rings (SSSR count). The summed E-state index contributed by atoms with van der Waals surface area (Å²) in [5.74, 6) is 1.05. The topological polar surface area (TPSA) is 63.8 Å². The first kappa shape index (κ1) is 5.81. The average molecular weight is 124 g/mol. The lowest BCUT2D eigenvalue weighted by Gasteiger charge is -1.98. The number of anilines is 2. The lowest BCUT2D eigenvalue weighted by molar-refractivity contribution is 1.20. The van der Waals surface area contributed by atoms with Gasteiger partial charge in [0.15, 0.2) is 11.6 Å². The number of nitrogens with one attached hydrogen (secondary N) is 1. The molecule has 0 atom stereocenters. The summed E-state index contributed by atoms with van der Waals surface area (Å²) in [6.07, 6.45) is 3.14. The van der Waals surface area contributed by atoms with Gasteiger partial charge in [0, 0.05) is 19.4 Å². The maximum Gasteiger partial charge on any atom is 0.168 e. The molecule has 3 N–H and O–H groups in total. The van der Waals surface area contributed by atoms with Crippen molar-refractivity contribution in [2.45, 2.75) is 0 Å². The SMILES string of the molecule is CNc1nccnc1N. The Bertz CT molecular complexity index is 198. The minimum absolute atomic E-state index is 0.431. The molecular weight excluding hydrogens is 116 g/mol. The highest BCUT2D eigenvalue weighted by Crippen LogP contribution is 2.06. The third kappa shape index (κ3) is 1.07. The first-order valence-electron chi connectivity index (χ1n) is 2.59. The molecule has 1 aromatic heterocycles. The molecule has 4 heteroatoms. The number of nitrogens with zero attached hydrogens (tertiary/aromatic N) is 2. The molecule has 9 heavy (non-hydrogen) atoms. The number of rotatable bonds is 1. The molecule has 0 fully saturated rings. The quantitative estimate of drug-likeness (QED) is 0.557. The predicted octanol–water partition coefficient (Wildman–Crippen LogP) is 0.100. The zero-order valence-electron chi connectivity index (χ0n) is 5.13. The first-order valence-corrected chi connectivity index (χ1v) is 2.59. The molecule has 0 amide bonds. The fraction of sp³-hybridized carbons (Fsp3) is 0.200. The second-order valence-electron chi connectivity index (χ2n) is 1.54. The predicted molar refractivity (Wildman–Crippen MR) is 36.0 cm³/mol. The number of nitrogens with two attached hydrogens (primary N) is 1. The summed E-state index contributed by atoms with van der Waals surface area (Å²) in [5, 5.41) is 2.80. The van der Waals surface area contributed by atoms with Gasteiger partial charge in [-0.05, 0) is 0 Å². The van der Waals surface area contributed by atoms with Crippen LogP contribution in [0.3, 0.4) is 0 Å². The Morgan fingerprint density at radius 3 is 2.56 bits per heavy atom. The molecule has 4 nitrogen and oxygen atoms in total. The van der Waals surface area contributed by atoms with Gasteiger partial charge < -0.3 is 11.1 Å². The molecular formula is C5H8N4. The molecule has 0 aromatic carbocycles. The van der Waals surface area contributed by atoms with E-state index in [2.05, 4.69) is 15.3 Å². The van der Waals surface area contributed by atoms with Gasteiger partial charge in [-0.25, -0.2) is 9.97 Å². The van der Waals surface area contributed by atoms with E-state index in [4.69, 9.17) is 5.73 Å². The van der Waals surface area contributed by atoms with Gasteiger partial charge in [0.2, 0.25) is 0 Å². The van der Waals surface area contributed by atoms with Crippen LogP contribution in [0.15, 0.2) is 12.4 Å². The summed E-state index contributed by atoms with van der Waals surface area (Å²) in [7, 11) is 1.75. The Kier molecular flexibility index (Phi) is 1.48. The van der Waals surface area contributed by atoms with Crippen LogP contribution in [0.1, 0.15) is 0 Å². The number of nitrogen functional groups attached to an aromatic ring is 1. The van der Waals surface area contributed by atoms with Crippen molar-refractivity contribution in [2.75, 3.05) is 18.1 Å². The Morgan fingerprint density at radius 2 is 2.11 bits per heavy atom. The standard InChI is InChI=1S/C5H8N4/c1-7-5-4(6)8-2-3-9-5/h2-3H,1H3,(H2,6,8)(H,7,9). The molecule has 0 radical (unpaired) electrons. The van der Waals surface area contributed by atoms with Crippen LogP contribution in [0, 0.1) is 0 Å². The van der Waals surface area contributed by atoms with E-state index >= 15 is 0 Å². The molecule has 0 spiro atoms. The summed E-state index contributed by atoms with van der Waals surface area (Å²) < 4.78 is 0. The highest BCUT2D eigenvalue weighted by atomic mass is 15.0. The van der Waals surface area contributed by atoms with E-state index in [0.717, 1.165) is 0 Å². The van der Waals surface area contributed by atoms with E-state index in [1.165, 1.54) is 0 Å². The third-order valence-corrected chi connectivity index (χ3v) is 0.963. The smallest absolute Gasteiger partial charge is 0.168 e. The normalized spacial score (nSPS) is 9.00. The van der Waals surface area contributed by atoms with Gasteiger partial charge in [0.05, 0.1) is 0 Å². The van der Waals surface area contributed by atoms with Gasteiger partial charge >= 0.3 is 0 Å². The van der Waals surface area contributed by atoms with E-state index in [1.54, 1.807) is 19.4 Å². The zero-order chi connectivity index (χ0) is 6.69. The summed E-state index contributed by atoms with van der Waals surface area (Å²) in [6.45, 7) is 0. The Hall–Kier alpha value is -1.32. The van der Waals surface area contributed by atoms with Crippen LogP contribution < -0.4 is 11.1 Å². The van der Waals surface area contributed by atoms with Crippen LogP contribution in [-0.4, -0.2) is 17.0 Å². The fourth-order valence-corrected chi connectivity index (χ4v) is 0.541. The fourth-order valence-electron chi connectivity index (χ4n) is 0.541. The van der Waals surface area contributed by atoms with E-state index < -0.39 is 0 Å². The molecule has 0 bridgehead atoms. The van der Waals surface area contributed by atoms with Crippen molar-refractivity contribution in [1.82, 2.24) is 9.97 Å². The van der Waals surface area contributed by atoms with Crippen molar-refractivity contribution in [3.05, 3.63) is 12.4 Å². The lowest BCUT2D eigenvalue weighted by atomic mass is 10.6. The van der Waals surface area contributed by atoms with Gasteiger partial charge in [-0.2, -0.15) is 0 Å². The van der Waals surface area contributed by atoms with Crippen LogP contribution in [0.4, 0.5) is 11.6 Å². The van der Waals surface area contributed by atoms with Crippen molar-refractivity contribution in [2.24, 2.45) is 0 Å². The number of hydrogen-bond acceptors (Lipinski definition) is 4. The van der Waals surface area contributed by atoms with E-state index in [9.17, 15) is 0 Å². The Morgan fingerprint density at radius 1 is 1.44 bits per heavy atom. The lowest BCUT2D eigenvalue weighted by Crippen LogP contribution is -1.99. The maximum absolute atomic E-state index is 5.39. The average Bonchev–Trinajstić information content (AvgIpc) is 1.89. The van der Waals surface area contributed by atoms with E-state index in [0.29, 0.717) is 11.6 Å². The highest BCUT2D eigenvalue weighted by molar-refractivity contribution is 5.54. The third-order valence-electron chi connectivity index (χ3n) is 0.963. The minimum atomic E-state index is 0.431. The molecule has 1 aromatic rings. The van der Waals surface area contributed by atoms with Crippen LogP contribution in [0.25, 0.3) is 0 Å². The monoisotopic (exact) mass is 124 g/mol.